The quantitative estimate of drug-likeness (QED) is 0.242. The maximum atomic E-state index is 10.0. The first-order valence-electron chi connectivity index (χ1n) is 9.31. The van der Waals surface area contributed by atoms with Crippen molar-refractivity contribution in [1.82, 2.24) is 0 Å². The minimum Gasteiger partial charge on any atom is -0.462 e. The third-order valence-electron chi connectivity index (χ3n) is 5.03. The average molecular weight is 531 g/mol. The Hall–Kier alpha value is -1.58. The molecule has 12 heteroatoms. The van der Waals surface area contributed by atoms with Crippen LogP contribution in [0.15, 0.2) is 24.3 Å². The highest BCUT2D eigenvalue weighted by Crippen LogP contribution is 2.28. The van der Waals surface area contributed by atoms with Gasteiger partial charge in [0.2, 0.25) is 12.6 Å². The van der Waals surface area contributed by atoms with Crippen molar-refractivity contribution in [3.8, 4) is 11.5 Å². The monoisotopic (exact) mass is 530 g/mol. The van der Waals surface area contributed by atoms with Crippen LogP contribution in [-0.4, -0.2) is 115 Å². The molecule has 218 valence electrons. The van der Waals surface area contributed by atoms with Gasteiger partial charge in [0.1, 0.15) is 60.3 Å². The molecule has 2 aliphatic rings. The fourth-order valence-electron chi connectivity index (χ4n) is 3.19. The molecule has 0 aliphatic carbocycles. The van der Waals surface area contributed by atoms with E-state index in [4.69, 9.17) is 18.9 Å². The lowest BCUT2D eigenvalue weighted by Gasteiger charge is -2.39. The second kappa shape index (κ2) is 17.8. The van der Waals surface area contributed by atoms with E-state index in [-0.39, 0.29) is 56.1 Å². The fourth-order valence-corrected chi connectivity index (χ4v) is 3.19. The first-order chi connectivity index (χ1) is 14.3. The van der Waals surface area contributed by atoms with Gasteiger partial charge in [0.25, 0.3) is 0 Å². The third kappa shape index (κ3) is 8.77. The zero-order chi connectivity index (χ0) is 22.0. The summed E-state index contributed by atoms with van der Waals surface area (Å²) in [6.07, 6.45) is -14.2. The summed E-state index contributed by atoms with van der Waals surface area (Å²) in [5, 5.41) is 77.6. The molecule has 2 heterocycles. The van der Waals surface area contributed by atoms with Crippen LogP contribution in [0.1, 0.15) is 44.6 Å². The molecule has 1 aromatic rings. The Bertz CT molecular complexity index is 615. The molecule has 8 N–H and O–H groups in total. The number of rotatable bonds is 6. The first kappa shape index (κ1) is 41.5. The van der Waals surface area contributed by atoms with Crippen molar-refractivity contribution in [3.63, 3.8) is 0 Å². The number of hydrogen-bond acceptors (Lipinski definition) is 12. The van der Waals surface area contributed by atoms with E-state index in [9.17, 15) is 40.9 Å². The van der Waals surface area contributed by atoms with Gasteiger partial charge < -0.3 is 59.8 Å². The van der Waals surface area contributed by atoms with E-state index in [2.05, 4.69) is 0 Å². The van der Waals surface area contributed by atoms with Crippen LogP contribution in [0.5, 0.6) is 11.5 Å². The van der Waals surface area contributed by atoms with E-state index < -0.39 is 74.6 Å². The Morgan fingerprint density at radius 2 is 0.778 bits per heavy atom. The largest absolute Gasteiger partial charge is 0.462 e. The molecule has 0 radical (unpaired) electrons. The van der Waals surface area contributed by atoms with Gasteiger partial charge in [-0.05, 0) is 24.3 Å². The highest BCUT2D eigenvalue weighted by atomic mass is 16.7. The molecule has 0 bridgehead atoms. The smallest absolute Gasteiger partial charge is 0.229 e. The molecule has 10 unspecified atom stereocenters. The maximum Gasteiger partial charge on any atom is 0.229 e. The second-order valence-electron chi connectivity index (χ2n) is 7.10. The lowest BCUT2D eigenvalue weighted by atomic mass is 9.99. The Balaban J connectivity index is -0.000000853. The molecule has 0 saturated carbocycles. The van der Waals surface area contributed by atoms with Crippen molar-refractivity contribution >= 4 is 0 Å². The lowest BCUT2D eigenvalue weighted by Crippen LogP contribution is -2.60. The van der Waals surface area contributed by atoms with Gasteiger partial charge in [-0.15, -0.1) is 0 Å². The summed E-state index contributed by atoms with van der Waals surface area (Å²) >= 11 is 0. The van der Waals surface area contributed by atoms with Crippen LogP contribution in [0.4, 0.5) is 0 Å². The molecule has 3 rings (SSSR count). The summed E-state index contributed by atoms with van der Waals surface area (Å²) in [4.78, 5) is 0. The van der Waals surface area contributed by atoms with Crippen molar-refractivity contribution in [1.29, 1.82) is 0 Å². The number of benzene rings is 1. The van der Waals surface area contributed by atoms with Crippen molar-refractivity contribution in [2.24, 2.45) is 0 Å². The van der Waals surface area contributed by atoms with E-state index in [1.807, 2.05) is 0 Å². The summed E-state index contributed by atoms with van der Waals surface area (Å²) in [5.74, 6) is 0.390. The van der Waals surface area contributed by atoms with Crippen LogP contribution >= 0.6 is 0 Å². The van der Waals surface area contributed by atoms with Crippen molar-refractivity contribution in [2.45, 2.75) is 106 Å². The molecule has 2 fully saturated rings. The van der Waals surface area contributed by atoms with Gasteiger partial charge in [-0.3, -0.25) is 0 Å². The lowest BCUT2D eigenvalue weighted by molar-refractivity contribution is -0.278. The van der Waals surface area contributed by atoms with Crippen LogP contribution in [0.3, 0.4) is 0 Å². The van der Waals surface area contributed by atoms with E-state index in [1.54, 1.807) is 0 Å². The van der Waals surface area contributed by atoms with Crippen molar-refractivity contribution < 1.29 is 59.8 Å². The molecule has 0 spiro atoms. The molecule has 12 nitrogen and oxygen atoms in total. The van der Waals surface area contributed by atoms with Gasteiger partial charge in [-0.2, -0.15) is 0 Å². The van der Waals surface area contributed by atoms with Crippen LogP contribution in [-0.2, 0) is 9.47 Å². The van der Waals surface area contributed by atoms with Crippen LogP contribution in [0.25, 0.3) is 0 Å². The fraction of sp³-hybridized carbons (Fsp3) is 0.750. The predicted molar refractivity (Wildman–Crippen MR) is 136 cm³/mol. The van der Waals surface area contributed by atoms with E-state index in [0.717, 1.165) is 0 Å². The molecule has 10 atom stereocenters. The van der Waals surface area contributed by atoms with Gasteiger partial charge in [-0.1, -0.05) is 44.6 Å². The molecular formula is C24H50O12. The summed E-state index contributed by atoms with van der Waals surface area (Å²) in [6, 6.07) is 5.67. The molecule has 0 aromatic heterocycles. The number of ether oxygens (including phenoxy) is 4. The minimum absolute atomic E-state index is 0. The van der Waals surface area contributed by atoms with Crippen molar-refractivity contribution in [3.05, 3.63) is 24.3 Å². The Morgan fingerprint density at radius 1 is 0.500 bits per heavy atom. The Kier molecular flexibility index (Phi) is 20.5. The predicted octanol–water partition coefficient (Wildman–Crippen LogP) is -0.139. The van der Waals surface area contributed by atoms with E-state index in [0.29, 0.717) is 0 Å². The van der Waals surface area contributed by atoms with Gasteiger partial charge in [0.15, 0.2) is 0 Å². The van der Waals surface area contributed by atoms with Gasteiger partial charge in [0.05, 0.1) is 13.2 Å². The number of aliphatic hydroxyl groups is 8. The Morgan fingerprint density at radius 3 is 1.03 bits per heavy atom. The van der Waals surface area contributed by atoms with Gasteiger partial charge in [-0.25, -0.2) is 0 Å². The topological polar surface area (TPSA) is 199 Å². The number of aliphatic hydroxyl groups excluding tert-OH is 8. The highest BCUT2D eigenvalue weighted by Gasteiger charge is 2.45. The standard InChI is InChI=1S/C18H26O12.6CH4/c19-5-9-11(21)13(23)15(25)17(29-9)27-7-1-2-8(4-3-7)28-18-16(26)14(24)12(22)10(6-20)30-18;;;;;;/h1-4,9-26H,5-6H2;6*1H4. The summed E-state index contributed by atoms with van der Waals surface area (Å²) in [7, 11) is 0. The van der Waals surface area contributed by atoms with Crippen LogP contribution < -0.4 is 9.47 Å². The normalized spacial score (nSPS) is 35.0. The highest BCUT2D eigenvalue weighted by molar-refractivity contribution is 5.31. The number of hydrogen-bond donors (Lipinski definition) is 8. The zero-order valence-electron chi connectivity index (χ0n) is 15.7. The second-order valence-corrected chi connectivity index (χ2v) is 7.10. The first-order valence-corrected chi connectivity index (χ1v) is 9.31. The molecule has 36 heavy (non-hydrogen) atoms. The molecular weight excluding hydrogens is 480 g/mol. The summed E-state index contributed by atoms with van der Waals surface area (Å²) < 4.78 is 21.4. The molecule has 0 amide bonds. The average Bonchev–Trinajstić information content (AvgIpc) is 2.75. The van der Waals surface area contributed by atoms with Crippen molar-refractivity contribution in [2.75, 3.05) is 13.2 Å². The van der Waals surface area contributed by atoms with E-state index >= 15 is 0 Å². The molecule has 2 saturated heterocycles. The minimum atomic E-state index is -1.57. The summed E-state index contributed by atoms with van der Waals surface area (Å²) in [6.45, 7) is -1.17. The molecule has 2 aliphatic heterocycles. The zero-order valence-corrected chi connectivity index (χ0v) is 15.7. The Labute approximate surface area is 215 Å². The van der Waals surface area contributed by atoms with Crippen LogP contribution in [0, 0.1) is 0 Å². The van der Waals surface area contributed by atoms with E-state index in [1.165, 1.54) is 24.3 Å². The SMILES string of the molecule is C.C.C.C.C.C.OCC1OC(Oc2ccc(OC3OC(CO)C(O)C(O)C3O)cc2)C(O)C(O)C1O. The summed E-state index contributed by atoms with van der Waals surface area (Å²) in [5.41, 5.74) is 0. The third-order valence-corrected chi connectivity index (χ3v) is 5.03. The van der Waals surface area contributed by atoms with Crippen LogP contribution in [0.2, 0.25) is 0 Å². The van der Waals surface area contributed by atoms with Gasteiger partial charge in [0, 0.05) is 0 Å². The maximum absolute atomic E-state index is 10.0. The van der Waals surface area contributed by atoms with Gasteiger partial charge >= 0.3 is 0 Å². The molecule has 1 aromatic carbocycles.